The number of benzene rings is 2. The van der Waals surface area contributed by atoms with E-state index in [2.05, 4.69) is 0 Å². The first-order valence-electron chi connectivity index (χ1n) is 9.21. The molecule has 2 aromatic carbocycles. The highest BCUT2D eigenvalue weighted by Crippen LogP contribution is 2.33. The Labute approximate surface area is 159 Å². The summed E-state index contributed by atoms with van der Waals surface area (Å²) in [4.78, 5) is 25.9. The van der Waals surface area contributed by atoms with E-state index in [0.717, 1.165) is 22.4 Å². The number of aryl methyl sites for hydroxylation is 2. The second-order valence-corrected chi connectivity index (χ2v) is 7.13. The quantitative estimate of drug-likeness (QED) is 0.850. The van der Waals surface area contributed by atoms with Gasteiger partial charge >= 0.3 is 5.97 Å². The SMILES string of the molecule is Cc1ccc(C)c(OCCC(=O)N2CC(C(=O)O)C(c3ccccc3)C2)c1. The molecule has 0 spiro atoms. The minimum Gasteiger partial charge on any atom is -0.493 e. The number of carboxylic acids is 1. The molecular formula is C22H25NO4. The summed E-state index contributed by atoms with van der Waals surface area (Å²) in [6.07, 6.45) is 0.237. The Hall–Kier alpha value is -2.82. The molecule has 27 heavy (non-hydrogen) atoms. The number of likely N-dealkylation sites (tertiary alicyclic amines) is 1. The summed E-state index contributed by atoms with van der Waals surface area (Å²) in [5.41, 5.74) is 3.10. The minimum atomic E-state index is -0.856. The maximum absolute atomic E-state index is 12.6. The first-order chi connectivity index (χ1) is 13.0. The van der Waals surface area contributed by atoms with Crippen molar-refractivity contribution in [1.82, 2.24) is 4.90 Å². The number of carboxylic acid groups (broad SMARTS) is 1. The first-order valence-corrected chi connectivity index (χ1v) is 9.21. The number of aliphatic carboxylic acids is 1. The van der Waals surface area contributed by atoms with Crippen LogP contribution in [0.2, 0.25) is 0 Å². The smallest absolute Gasteiger partial charge is 0.308 e. The lowest BCUT2D eigenvalue weighted by Gasteiger charge is -2.17. The number of hydrogen-bond acceptors (Lipinski definition) is 3. The predicted octanol–water partition coefficient (Wildman–Crippen LogP) is 3.40. The predicted molar refractivity (Wildman–Crippen MR) is 103 cm³/mol. The van der Waals surface area contributed by atoms with Crippen molar-refractivity contribution in [1.29, 1.82) is 0 Å². The zero-order valence-corrected chi connectivity index (χ0v) is 15.7. The van der Waals surface area contributed by atoms with Crippen LogP contribution in [-0.2, 0) is 9.59 Å². The van der Waals surface area contributed by atoms with Gasteiger partial charge in [0.05, 0.1) is 18.9 Å². The van der Waals surface area contributed by atoms with E-state index in [1.165, 1.54) is 0 Å². The number of rotatable bonds is 6. The number of nitrogens with zero attached hydrogens (tertiary/aromatic N) is 1. The van der Waals surface area contributed by atoms with Gasteiger partial charge in [-0.1, -0.05) is 42.5 Å². The van der Waals surface area contributed by atoms with E-state index in [-0.39, 0.29) is 31.4 Å². The maximum atomic E-state index is 12.6. The maximum Gasteiger partial charge on any atom is 0.308 e. The van der Waals surface area contributed by atoms with Gasteiger partial charge in [0.25, 0.3) is 0 Å². The second kappa shape index (κ2) is 8.25. The third kappa shape index (κ3) is 4.48. The third-order valence-corrected chi connectivity index (χ3v) is 5.13. The fourth-order valence-corrected chi connectivity index (χ4v) is 3.56. The fourth-order valence-electron chi connectivity index (χ4n) is 3.56. The molecule has 1 heterocycles. The molecule has 1 aliphatic heterocycles. The Morgan fingerprint density at radius 1 is 1.11 bits per heavy atom. The van der Waals surface area contributed by atoms with Crippen molar-refractivity contribution in [3.63, 3.8) is 0 Å². The average molecular weight is 367 g/mol. The van der Waals surface area contributed by atoms with Gasteiger partial charge in [0.1, 0.15) is 5.75 Å². The van der Waals surface area contributed by atoms with Gasteiger partial charge in [0, 0.05) is 19.0 Å². The molecular weight excluding hydrogens is 342 g/mol. The molecule has 0 aromatic heterocycles. The largest absolute Gasteiger partial charge is 0.493 e. The van der Waals surface area contributed by atoms with E-state index in [1.54, 1.807) is 4.90 Å². The van der Waals surface area contributed by atoms with Crippen LogP contribution in [-0.4, -0.2) is 41.6 Å². The van der Waals surface area contributed by atoms with E-state index in [4.69, 9.17) is 4.74 Å². The molecule has 142 valence electrons. The molecule has 1 N–H and O–H groups in total. The van der Waals surface area contributed by atoms with Crippen LogP contribution >= 0.6 is 0 Å². The van der Waals surface area contributed by atoms with Crippen LogP contribution in [0.3, 0.4) is 0 Å². The fraction of sp³-hybridized carbons (Fsp3) is 0.364. The van der Waals surface area contributed by atoms with Crippen LogP contribution in [0.1, 0.15) is 29.0 Å². The van der Waals surface area contributed by atoms with Crippen LogP contribution in [0.4, 0.5) is 0 Å². The Bertz CT molecular complexity index is 818. The molecule has 1 amide bonds. The molecule has 3 rings (SSSR count). The molecule has 2 aromatic rings. The summed E-state index contributed by atoms with van der Waals surface area (Å²) < 4.78 is 5.77. The third-order valence-electron chi connectivity index (χ3n) is 5.13. The molecule has 0 bridgehead atoms. The number of carbonyl (C=O) groups excluding carboxylic acids is 1. The highest BCUT2D eigenvalue weighted by Gasteiger charge is 2.40. The number of carbonyl (C=O) groups is 2. The molecule has 0 saturated carbocycles. The minimum absolute atomic E-state index is 0.0648. The molecule has 0 radical (unpaired) electrons. The molecule has 0 aliphatic carbocycles. The average Bonchev–Trinajstić information content (AvgIpc) is 3.11. The standard InChI is InChI=1S/C22H25NO4/c1-15-8-9-16(2)20(12-15)27-11-10-21(24)23-13-18(19(14-23)22(25)26)17-6-4-3-5-7-17/h3-9,12,18-19H,10-11,13-14H2,1-2H3,(H,25,26). The van der Waals surface area contributed by atoms with Crippen LogP contribution in [0.5, 0.6) is 5.75 Å². The summed E-state index contributed by atoms with van der Waals surface area (Å²) >= 11 is 0. The van der Waals surface area contributed by atoms with Crippen LogP contribution < -0.4 is 4.74 Å². The van der Waals surface area contributed by atoms with Crippen molar-refractivity contribution in [3.05, 3.63) is 65.2 Å². The van der Waals surface area contributed by atoms with E-state index >= 15 is 0 Å². The van der Waals surface area contributed by atoms with Crippen LogP contribution in [0, 0.1) is 19.8 Å². The highest BCUT2D eigenvalue weighted by molar-refractivity contribution is 5.79. The lowest BCUT2D eigenvalue weighted by atomic mass is 9.89. The van der Waals surface area contributed by atoms with Crippen LogP contribution in [0.15, 0.2) is 48.5 Å². The Kier molecular flexibility index (Phi) is 5.79. The topological polar surface area (TPSA) is 66.8 Å². The molecule has 2 atom stereocenters. The lowest BCUT2D eigenvalue weighted by molar-refractivity contribution is -0.141. The first kappa shape index (κ1) is 19.0. The van der Waals surface area contributed by atoms with Gasteiger partial charge < -0.3 is 14.7 Å². The summed E-state index contributed by atoms with van der Waals surface area (Å²) in [6.45, 7) is 4.93. The summed E-state index contributed by atoms with van der Waals surface area (Å²) in [6, 6.07) is 15.5. The molecule has 1 aliphatic rings. The van der Waals surface area contributed by atoms with Crippen molar-refractivity contribution >= 4 is 11.9 Å². The zero-order valence-electron chi connectivity index (χ0n) is 15.7. The van der Waals surface area contributed by atoms with Crippen molar-refractivity contribution in [3.8, 4) is 5.75 Å². The van der Waals surface area contributed by atoms with Crippen molar-refractivity contribution in [2.24, 2.45) is 5.92 Å². The van der Waals surface area contributed by atoms with Gasteiger partial charge in [-0.3, -0.25) is 9.59 Å². The van der Waals surface area contributed by atoms with Gasteiger partial charge in [0.15, 0.2) is 0 Å². The normalized spacial score (nSPS) is 19.1. The monoisotopic (exact) mass is 367 g/mol. The van der Waals surface area contributed by atoms with Gasteiger partial charge in [-0.15, -0.1) is 0 Å². The summed E-state index contributed by atoms with van der Waals surface area (Å²) in [7, 11) is 0. The molecule has 1 fully saturated rings. The lowest BCUT2D eigenvalue weighted by Crippen LogP contribution is -2.30. The number of hydrogen-bond donors (Lipinski definition) is 1. The molecule has 2 unspecified atom stereocenters. The number of ether oxygens (including phenoxy) is 1. The zero-order chi connectivity index (χ0) is 19.4. The Morgan fingerprint density at radius 2 is 1.85 bits per heavy atom. The van der Waals surface area contributed by atoms with E-state index in [1.807, 2.05) is 62.4 Å². The molecule has 5 heteroatoms. The van der Waals surface area contributed by atoms with E-state index < -0.39 is 11.9 Å². The van der Waals surface area contributed by atoms with Gasteiger partial charge in [-0.05, 0) is 36.6 Å². The van der Waals surface area contributed by atoms with Gasteiger partial charge in [-0.25, -0.2) is 0 Å². The summed E-state index contributed by atoms with van der Waals surface area (Å²) in [5, 5.41) is 9.56. The van der Waals surface area contributed by atoms with Gasteiger partial charge in [0.2, 0.25) is 5.91 Å². The Balaban J connectivity index is 1.60. The highest BCUT2D eigenvalue weighted by atomic mass is 16.5. The molecule has 5 nitrogen and oxygen atoms in total. The van der Waals surface area contributed by atoms with E-state index in [0.29, 0.717) is 6.54 Å². The van der Waals surface area contributed by atoms with Crippen molar-refractivity contribution < 1.29 is 19.4 Å². The molecule has 1 saturated heterocycles. The Morgan fingerprint density at radius 3 is 2.56 bits per heavy atom. The summed E-state index contributed by atoms with van der Waals surface area (Å²) in [5.74, 6) is -0.880. The van der Waals surface area contributed by atoms with Gasteiger partial charge in [-0.2, -0.15) is 0 Å². The van der Waals surface area contributed by atoms with E-state index in [9.17, 15) is 14.7 Å². The second-order valence-electron chi connectivity index (χ2n) is 7.13. The van der Waals surface area contributed by atoms with Crippen molar-refractivity contribution in [2.75, 3.05) is 19.7 Å². The van der Waals surface area contributed by atoms with Crippen molar-refractivity contribution in [2.45, 2.75) is 26.2 Å². The van der Waals surface area contributed by atoms with Crippen LogP contribution in [0.25, 0.3) is 0 Å². The number of amides is 1.